The van der Waals surface area contributed by atoms with Gasteiger partial charge in [0.05, 0.1) is 15.9 Å². The molecule has 4 aromatic rings. The molecule has 1 amide bonds. The van der Waals surface area contributed by atoms with E-state index in [9.17, 15) is 18.0 Å². The van der Waals surface area contributed by atoms with E-state index in [1.165, 1.54) is 36.4 Å². The van der Waals surface area contributed by atoms with Crippen LogP contribution in [0.2, 0.25) is 0 Å². The Balaban J connectivity index is 1.51. The summed E-state index contributed by atoms with van der Waals surface area (Å²) in [7, 11) is 0. The summed E-state index contributed by atoms with van der Waals surface area (Å²) in [4.78, 5) is 16.6. The molecule has 6 nitrogen and oxygen atoms in total. The summed E-state index contributed by atoms with van der Waals surface area (Å²) >= 11 is 1.12. The van der Waals surface area contributed by atoms with Gasteiger partial charge >= 0.3 is 6.61 Å². The molecule has 0 fully saturated rings. The minimum absolute atomic E-state index is 0.0153. The first-order valence-electron chi connectivity index (χ1n) is 7.96. The van der Waals surface area contributed by atoms with Crippen molar-refractivity contribution in [2.24, 2.45) is 0 Å². The van der Waals surface area contributed by atoms with Crippen molar-refractivity contribution in [3.63, 3.8) is 0 Å². The summed E-state index contributed by atoms with van der Waals surface area (Å²) < 4.78 is 42.6. The van der Waals surface area contributed by atoms with Crippen molar-refractivity contribution < 1.29 is 22.7 Å². The van der Waals surface area contributed by atoms with Gasteiger partial charge in [0.2, 0.25) is 0 Å². The van der Waals surface area contributed by atoms with Gasteiger partial charge in [0.25, 0.3) is 5.91 Å². The van der Waals surface area contributed by atoms with Crippen molar-refractivity contribution in [1.82, 2.24) is 15.2 Å². The number of halogens is 3. The number of fused-ring (bicyclic) bond motifs is 1. The van der Waals surface area contributed by atoms with Gasteiger partial charge in [-0.3, -0.25) is 15.2 Å². The number of aromatic nitrogens is 3. The lowest BCUT2D eigenvalue weighted by atomic mass is 10.1. The predicted octanol–water partition coefficient (Wildman–Crippen LogP) is 4.68. The van der Waals surface area contributed by atoms with E-state index in [4.69, 9.17) is 0 Å². The van der Waals surface area contributed by atoms with Crippen LogP contribution in [0.15, 0.2) is 48.5 Å². The van der Waals surface area contributed by atoms with E-state index >= 15 is 0 Å². The largest absolute Gasteiger partial charge is 0.435 e. The number of H-pyrrole nitrogens is 1. The molecule has 2 aromatic heterocycles. The van der Waals surface area contributed by atoms with Gasteiger partial charge in [-0.25, -0.2) is 9.37 Å². The number of alkyl halides is 2. The zero-order valence-corrected chi connectivity index (χ0v) is 14.8. The van der Waals surface area contributed by atoms with Gasteiger partial charge in [0.1, 0.15) is 17.3 Å². The van der Waals surface area contributed by atoms with E-state index in [-0.39, 0.29) is 17.3 Å². The number of anilines is 1. The summed E-state index contributed by atoms with van der Waals surface area (Å²) in [5.74, 6) is -0.819. The van der Waals surface area contributed by atoms with Crippen LogP contribution in [0.3, 0.4) is 0 Å². The molecule has 0 saturated heterocycles. The number of hydrogen-bond donors (Lipinski definition) is 2. The number of thiazole rings is 1. The number of amides is 1. The van der Waals surface area contributed by atoms with Gasteiger partial charge in [-0.15, -0.1) is 0 Å². The molecule has 0 aliphatic rings. The van der Waals surface area contributed by atoms with Crippen LogP contribution in [0.4, 0.5) is 18.3 Å². The number of ether oxygens (including phenoxy) is 1. The highest BCUT2D eigenvalue weighted by Gasteiger charge is 2.14. The zero-order valence-electron chi connectivity index (χ0n) is 13.9. The SMILES string of the molecule is O=C(Nc1nc2ccc(OC(F)F)cc2s1)c1cc(-c2ccc(F)cc2)n[nH]1. The second-order valence-electron chi connectivity index (χ2n) is 5.65. The van der Waals surface area contributed by atoms with Gasteiger partial charge in [-0.2, -0.15) is 13.9 Å². The van der Waals surface area contributed by atoms with Gasteiger partial charge in [0.15, 0.2) is 5.13 Å². The first-order valence-corrected chi connectivity index (χ1v) is 8.78. The molecule has 10 heteroatoms. The topological polar surface area (TPSA) is 79.9 Å². The summed E-state index contributed by atoms with van der Waals surface area (Å²) in [6.45, 7) is -2.92. The monoisotopic (exact) mass is 404 g/mol. The fourth-order valence-electron chi connectivity index (χ4n) is 2.51. The molecule has 0 bridgehead atoms. The lowest BCUT2D eigenvalue weighted by Crippen LogP contribution is -2.11. The zero-order chi connectivity index (χ0) is 19.7. The predicted molar refractivity (Wildman–Crippen MR) is 98.2 cm³/mol. The van der Waals surface area contributed by atoms with Gasteiger partial charge < -0.3 is 4.74 Å². The smallest absolute Gasteiger partial charge is 0.387 e. The minimum atomic E-state index is -2.92. The number of hydrogen-bond acceptors (Lipinski definition) is 5. The third kappa shape index (κ3) is 3.81. The van der Waals surface area contributed by atoms with E-state index < -0.39 is 12.5 Å². The van der Waals surface area contributed by atoms with Crippen LogP contribution in [0.1, 0.15) is 10.5 Å². The molecule has 0 aliphatic heterocycles. The Hall–Kier alpha value is -3.40. The van der Waals surface area contributed by atoms with E-state index in [2.05, 4.69) is 25.2 Å². The number of rotatable bonds is 5. The molecule has 2 N–H and O–H groups in total. The molecule has 0 aliphatic carbocycles. The van der Waals surface area contributed by atoms with Crippen LogP contribution in [0.5, 0.6) is 5.75 Å². The standard InChI is InChI=1S/C18H11F3N4O2S/c19-10-3-1-9(2-4-10)13-8-14(25-24-13)16(26)23-18-22-12-6-5-11(27-17(20)21)7-15(12)28-18/h1-8,17H,(H,24,25)(H,22,23,26). The Labute approximate surface area is 160 Å². The number of benzene rings is 2. The molecule has 2 heterocycles. The number of carbonyl (C=O) groups excluding carboxylic acids is 1. The Kier molecular flexibility index (Phi) is 4.70. The van der Waals surface area contributed by atoms with E-state index in [1.54, 1.807) is 12.1 Å². The second-order valence-corrected chi connectivity index (χ2v) is 6.69. The Bertz CT molecular complexity index is 1140. The van der Waals surface area contributed by atoms with E-state index in [0.717, 1.165) is 11.3 Å². The highest BCUT2D eigenvalue weighted by Crippen LogP contribution is 2.30. The van der Waals surface area contributed by atoms with Crippen LogP contribution in [-0.4, -0.2) is 27.7 Å². The molecular formula is C18H11F3N4O2S. The van der Waals surface area contributed by atoms with Gasteiger partial charge in [0, 0.05) is 5.56 Å². The third-order valence-corrected chi connectivity index (χ3v) is 4.70. The summed E-state index contributed by atoms with van der Waals surface area (Å²) in [5.41, 5.74) is 1.88. The summed E-state index contributed by atoms with van der Waals surface area (Å²) in [6, 6.07) is 11.6. The molecule has 0 unspecified atom stereocenters. The van der Waals surface area contributed by atoms with Crippen LogP contribution < -0.4 is 10.1 Å². The van der Waals surface area contributed by atoms with E-state index in [1.807, 2.05) is 0 Å². The van der Waals surface area contributed by atoms with Crippen LogP contribution in [0.25, 0.3) is 21.5 Å². The number of nitrogens with one attached hydrogen (secondary N) is 2. The van der Waals surface area contributed by atoms with Crippen molar-refractivity contribution >= 4 is 32.6 Å². The van der Waals surface area contributed by atoms with Crippen molar-refractivity contribution in [1.29, 1.82) is 0 Å². The molecule has 142 valence electrons. The number of aromatic amines is 1. The first-order chi connectivity index (χ1) is 13.5. The lowest BCUT2D eigenvalue weighted by Gasteiger charge is -2.02. The number of carbonyl (C=O) groups is 1. The van der Waals surface area contributed by atoms with Crippen molar-refractivity contribution in [2.45, 2.75) is 6.61 Å². The number of nitrogens with zero attached hydrogens (tertiary/aromatic N) is 2. The van der Waals surface area contributed by atoms with Gasteiger partial charge in [-0.1, -0.05) is 11.3 Å². The van der Waals surface area contributed by atoms with Crippen molar-refractivity contribution in [3.05, 3.63) is 60.0 Å². The molecular weight excluding hydrogens is 393 g/mol. The Morgan fingerprint density at radius 2 is 1.93 bits per heavy atom. The Morgan fingerprint density at radius 3 is 2.68 bits per heavy atom. The first kappa shape index (κ1) is 18.0. The second kappa shape index (κ2) is 7.31. The fourth-order valence-corrected chi connectivity index (χ4v) is 3.39. The van der Waals surface area contributed by atoms with Crippen LogP contribution in [0, 0.1) is 5.82 Å². The molecule has 0 saturated carbocycles. The highest BCUT2D eigenvalue weighted by atomic mass is 32.1. The third-order valence-electron chi connectivity index (χ3n) is 3.77. The average Bonchev–Trinajstić information content (AvgIpc) is 3.28. The average molecular weight is 404 g/mol. The summed E-state index contributed by atoms with van der Waals surface area (Å²) in [6.07, 6.45) is 0. The molecule has 2 aromatic carbocycles. The summed E-state index contributed by atoms with van der Waals surface area (Å²) in [5, 5.41) is 9.60. The van der Waals surface area contributed by atoms with Crippen molar-refractivity contribution in [3.8, 4) is 17.0 Å². The molecule has 28 heavy (non-hydrogen) atoms. The van der Waals surface area contributed by atoms with E-state index in [0.29, 0.717) is 26.6 Å². The minimum Gasteiger partial charge on any atom is -0.435 e. The Morgan fingerprint density at radius 1 is 1.14 bits per heavy atom. The highest BCUT2D eigenvalue weighted by molar-refractivity contribution is 7.22. The van der Waals surface area contributed by atoms with Gasteiger partial charge in [-0.05, 0) is 48.5 Å². The van der Waals surface area contributed by atoms with Crippen LogP contribution >= 0.6 is 11.3 Å². The molecule has 4 rings (SSSR count). The normalized spacial score (nSPS) is 11.1. The maximum Gasteiger partial charge on any atom is 0.387 e. The maximum atomic E-state index is 13.0. The van der Waals surface area contributed by atoms with Crippen LogP contribution in [-0.2, 0) is 0 Å². The molecule has 0 atom stereocenters. The quantitative estimate of drug-likeness (QED) is 0.506. The fraction of sp³-hybridized carbons (Fsp3) is 0.0556. The lowest BCUT2D eigenvalue weighted by molar-refractivity contribution is -0.0497. The molecule has 0 spiro atoms. The molecule has 0 radical (unpaired) electrons. The maximum absolute atomic E-state index is 13.0. The van der Waals surface area contributed by atoms with Crippen molar-refractivity contribution in [2.75, 3.05) is 5.32 Å².